The first kappa shape index (κ1) is 15.2. The smallest absolute Gasteiger partial charge is 0.0444 e. The predicted octanol–water partition coefficient (Wildman–Crippen LogP) is 5.04. The summed E-state index contributed by atoms with van der Waals surface area (Å²) in [5, 5.41) is 0. The molecule has 1 heteroatoms. The molecule has 0 aromatic carbocycles. The highest BCUT2D eigenvalue weighted by Crippen LogP contribution is 2.16. The maximum Gasteiger partial charge on any atom is 0.0444 e. The summed E-state index contributed by atoms with van der Waals surface area (Å²) in [6, 6.07) is 6.06. The second-order valence-corrected chi connectivity index (χ2v) is 4.49. The third-order valence-corrected chi connectivity index (χ3v) is 2.72. The molecule has 1 aromatic heterocycles. The van der Waals surface area contributed by atoms with E-state index in [4.69, 9.17) is 0 Å². The molecule has 1 nitrogen and oxygen atoms in total. The molecule has 0 bridgehead atoms. The number of pyridine rings is 1. The number of aromatic nitrogens is 1. The van der Waals surface area contributed by atoms with Crippen molar-refractivity contribution < 1.29 is 0 Å². The molecular formula is C18H23N. The van der Waals surface area contributed by atoms with Gasteiger partial charge in [0.25, 0.3) is 0 Å². The average Bonchev–Trinajstić information content (AvgIpc) is 2.40. The molecule has 0 N–H and O–H groups in total. The Bertz CT molecular complexity index is 464. The minimum atomic E-state index is 0.908. The van der Waals surface area contributed by atoms with E-state index in [-0.39, 0.29) is 0 Å². The molecule has 0 aliphatic rings. The lowest BCUT2D eigenvalue weighted by Crippen LogP contribution is -1.94. The fraction of sp³-hybridized carbons (Fsp3) is 0.278. The molecule has 0 saturated heterocycles. The third kappa shape index (κ3) is 6.56. The quantitative estimate of drug-likeness (QED) is 0.490. The molecule has 1 rings (SSSR count). The van der Waals surface area contributed by atoms with Crippen molar-refractivity contribution in [1.82, 2.24) is 4.98 Å². The zero-order chi connectivity index (χ0) is 13.9. The van der Waals surface area contributed by atoms with Crippen LogP contribution in [-0.2, 0) is 6.42 Å². The van der Waals surface area contributed by atoms with Gasteiger partial charge in [-0.25, -0.2) is 0 Å². The molecule has 1 heterocycles. The summed E-state index contributed by atoms with van der Waals surface area (Å²) in [5.41, 5.74) is 3.64. The van der Waals surface area contributed by atoms with Gasteiger partial charge in [-0.2, -0.15) is 0 Å². The lowest BCUT2D eigenvalue weighted by atomic mass is 10.0. The second-order valence-electron chi connectivity index (χ2n) is 4.49. The van der Waals surface area contributed by atoms with Gasteiger partial charge in [-0.3, -0.25) is 4.98 Å². The molecule has 0 amide bonds. The van der Waals surface area contributed by atoms with Gasteiger partial charge in [-0.05, 0) is 31.9 Å². The van der Waals surface area contributed by atoms with Gasteiger partial charge in [0.2, 0.25) is 0 Å². The van der Waals surface area contributed by atoms with Crippen molar-refractivity contribution in [2.75, 3.05) is 0 Å². The summed E-state index contributed by atoms with van der Waals surface area (Å²) >= 11 is 0. The highest BCUT2D eigenvalue weighted by Gasteiger charge is 2.01. The Morgan fingerprint density at radius 3 is 2.79 bits per heavy atom. The molecule has 0 radical (unpaired) electrons. The van der Waals surface area contributed by atoms with Crippen molar-refractivity contribution in [3.05, 3.63) is 78.2 Å². The maximum absolute atomic E-state index is 4.38. The van der Waals surface area contributed by atoms with E-state index >= 15 is 0 Å². The topological polar surface area (TPSA) is 12.9 Å². The molecule has 0 saturated carbocycles. The summed E-state index contributed by atoms with van der Waals surface area (Å²) < 4.78 is 0. The SMILES string of the molecule is C=C(/C=C\C=C/C)C/C(=C\CC)Cc1ccccn1. The van der Waals surface area contributed by atoms with Gasteiger partial charge in [0.05, 0.1) is 0 Å². The first-order valence-corrected chi connectivity index (χ1v) is 6.81. The molecular weight excluding hydrogens is 230 g/mol. The van der Waals surface area contributed by atoms with Crippen molar-refractivity contribution in [2.45, 2.75) is 33.1 Å². The Labute approximate surface area is 117 Å². The average molecular weight is 253 g/mol. The summed E-state index contributed by atoms with van der Waals surface area (Å²) in [6.45, 7) is 8.28. The molecule has 0 atom stereocenters. The van der Waals surface area contributed by atoms with E-state index in [9.17, 15) is 0 Å². The van der Waals surface area contributed by atoms with E-state index < -0.39 is 0 Å². The van der Waals surface area contributed by atoms with E-state index in [1.54, 1.807) is 0 Å². The van der Waals surface area contributed by atoms with Gasteiger partial charge in [0.15, 0.2) is 0 Å². The Hall–Kier alpha value is -1.89. The predicted molar refractivity (Wildman–Crippen MR) is 84.0 cm³/mol. The fourth-order valence-corrected chi connectivity index (χ4v) is 1.88. The lowest BCUT2D eigenvalue weighted by molar-refractivity contribution is 0.970. The van der Waals surface area contributed by atoms with Crippen LogP contribution >= 0.6 is 0 Å². The van der Waals surface area contributed by atoms with Gasteiger partial charge in [0.1, 0.15) is 0 Å². The molecule has 0 aliphatic heterocycles. The normalized spacial score (nSPS) is 12.4. The number of nitrogens with zero attached hydrogens (tertiary/aromatic N) is 1. The van der Waals surface area contributed by atoms with E-state index in [0.29, 0.717) is 0 Å². The van der Waals surface area contributed by atoms with Crippen LogP contribution in [0.15, 0.2) is 72.5 Å². The first-order valence-electron chi connectivity index (χ1n) is 6.81. The Morgan fingerprint density at radius 1 is 1.32 bits per heavy atom. The summed E-state index contributed by atoms with van der Waals surface area (Å²) in [6.07, 6.45) is 15.1. The van der Waals surface area contributed by atoms with Crippen molar-refractivity contribution in [3.63, 3.8) is 0 Å². The van der Waals surface area contributed by atoms with E-state index in [1.165, 1.54) is 5.57 Å². The third-order valence-electron chi connectivity index (χ3n) is 2.72. The molecule has 0 unspecified atom stereocenters. The van der Waals surface area contributed by atoms with Gasteiger partial charge in [-0.1, -0.05) is 61.1 Å². The molecule has 0 spiro atoms. The van der Waals surface area contributed by atoms with Crippen molar-refractivity contribution in [3.8, 4) is 0 Å². The number of hydrogen-bond acceptors (Lipinski definition) is 1. The van der Waals surface area contributed by atoms with Gasteiger partial charge in [-0.15, -0.1) is 0 Å². The maximum atomic E-state index is 4.38. The highest BCUT2D eigenvalue weighted by atomic mass is 14.7. The Balaban J connectivity index is 2.64. The minimum Gasteiger partial charge on any atom is -0.261 e. The first-order chi connectivity index (χ1) is 9.26. The van der Waals surface area contributed by atoms with Gasteiger partial charge in [0, 0.05) is 18.3 Å². The van der Waals surface area contributed by atoms with Crippen LogP contribution in [-0.4, -0.2) is 4.98 Å². The number of allylic oxidation sites excluding steroid dienone is 7. The van der Waals surface area contributed by atoms with Crippen LogP contribution in [0.3, 0.4) is 0 Å². The van der Waals surface area contributed by atoms with Crippen molar-refractivity contribution in [1.29, 1.82) is 0 Å². The zero-order valence-electron chi connectivity index (χ0n) is 12.0. The minimum absolute atomic E-state index is 0.908. The zero-order valence-corrected chi connectivity index (χ0v) is 12.0. The summed E-state index contributed by atoms with van der Waals surface area (Å²) in [4.78, 5) is 4.38. The Morgan fingerprint density at radius 2 is 2.16 bits per heavy atom. The standard InChI is InChI=1S/C18H23N/c1-4-6-7-11-16(3)14-17(10-5-2)15-18-12-8-9-13-19-18/h4,6-13H,3,5,14-15H2,1-2H3/b6-4-,11-7-,17-10+. The molecule has 0 aliphatic carbocycles. The number of hydrogen-bond donors (Lipinski definition) is 0. The van der Waals surface area contributed by atoms with Crippen LogP contribution in [0, 0.1) is 0 Å². The van der Waals surface area contributed by atoms with Gasteiger partial charge < -0.3 is 0 Å². The monoisotopic (exact) mass is 253 g/mol. The van der Waals surface area contributed by atoms with Crippen LogP contribution in [0.4, 0.5) is 0 Å². The summed E-state index contributed by atoms with van der Waals surface area (Å²) in [5.74, 6) is 0. The number of rotatable bonds is 7. The molecule has 1 aromatic rings. The second kappa shape index (κ2) is 9.09. The fourth-order valence-electron chi connectivity index (χ4n) is 1.88. The van der Waals surface area contributed by atoms with Crippen LogP contribution in [0.1, 0.15) is 32.4 Å². The Kier molecular flexibility index (Phi) is 7.26. The molecule has 100 valence electrons. The van der Waals surface area contributed by atoms with E-state index in [1.807, 2.05) is 43.5 Å². The lowest BCUT2D eigenvalue weighted by Gasteiger charge is -2.07. The molecule has 19 heavy (non-hydrogen) atoms. The van der Waals surface area contributed by atoms with Crippen molar-refractivity contribution >= 4 is 0 Å². The van der Waals surface area contributed by atoms with E-state index in [2.05, 4.69) is 36.7 Å². The van der Waals surface area contributed by atoms with Gasteiger partial charge >= 0.3 is 0 Å². The molecule has 0 fully saturated rings. The largest absolute Gasteiger partial charge is 0.261 e. The summed E-state index contributed by atoms with van der Waals surface area (Å²) in [7, 11) is 0. The van der Waals surface area contributed by atoms with Crippen LogP contribution in [0.25, 0.3) is 0 Å². The van der Waals surface area contributed by atoms with E-state index in [0.717, 1.165) is 30.5 Å². The van der Waals surface area contributed by atoms with Crippen molar-refractivity contribution in [2.24, 2.45) is 0 Å². The van der Waals surface area contributed by atoms with Crippen LogP contribution < -0.4 is 0 Å². The van der Waals surface area contributed by atoms with Crippen LogP contribution in [0.5, 0.6) is 0 Å². The highest BCUT2D eigenvalue weighted by molar-refractivity contribution is 5.27. The van der Waals surface area contributed by atoms with Crippen LogP contribution in [0.2, 0.25) is 0 Å².